The highest BCUT2D eigenvalue weighted by Crippen LogP contribution is 2.46. The van der Waals surface area contributed by atoms with E-state index in [0.717, 1.165) is 34.7 Å². The second kappa shape index (κ2) is 6.93. The minimum Gasteiger partial charge on any atom is -0.507 e. The lowest BCUT2D eigenvalue weighted by Crippen LogP contribution is -2.38. The number of hydrogen-bond acceptors (Lipinski definition) is 4. The van der Waals surface area contributed by atoms with Crippen molar-refractivity contribution in [1.29, 1.82) is 0 Å². The highest BCUT2D eigenvalue weighted by Gasteiger charge is 2.28. The van der Waals surface area contributed by atoms with Crippen LogP contribution in [0.2, 0.25) is 19.6 Å². The number of benzene rings is 2. The zero-order valence-electron chi connectivity index (χ0n) is 15.7. The molecule has 0 atom stereocenters. The molecule has 132 valence electrons. The van der Waals surface area contributed by atoms with Gasteiger partial charge in [0.15, 0.2) is 0 Å². The van der Waals surface area contributed by atoms with Gasteiger partial charge in [-0.3, -0.25) is 0 Å². The molecule has 2 aromatic rings. The quantitative estimate of drug-likeness (QED) is 0.800. The van der Waals surface area contributed by atoms with Gasteiger partial charge in [-0.05, 0) is 29.3 Å². The van der Waals surface area contributed by atoms with Gasteiger partial charge in [-0.2, -0.15) is 0 Å². The number of aromatic hydroxyl groups is 1. The predicted molar refractivity (Wildman–Crippen MR) is 102 cm³/mol. The molecule has 2 aromatic carbocycles. The number of phenols is 1. The third kappa shape index (κ3) is 3.05. The summed E-state index contributed by atoms with van der Waals surface area (Å²) >= 11 is 0. The average molecular weight is 349 g/mol. The number of ether oxygens (including phenoxy) is 3. The van der Waals surface area contributed by atoms with Crippen molar-refractivity contribution in [2.75, 3.05) is 21.3 Å². The van der Waals surface area contributed by atoms with Crippen molar-refractivity contribution in [2.45, 2.75) is 39.4 Å². The normalized spacial score (nSPS) is 11.6. The molecule has 24 heavy (non-hydrogen) atoms. The summed E-state index contributed by atoms with van der Waals surface area (Å²) in [7, 11) is 3.23. The third-order valence-corrected chi connectivity index (χ3v) is 6.29. The van der Waals surface area contributed by atoms with Gasteiger partial charge in [0.2, 0.25) is 0 Å². The zero-order valence-corrected chi connectivity index (χ0v) is 16.7. The van der Waals surface area contributed by atoms with Crippen molar-refractivity contribution in [2.24, 2.45) is 0 Å². The second-order valence-corrected chi connectivity index (χ2v) is 12.0. The molecule has 0 aromatic heterocycles. The summed E-state index contributed by atoms with van der Waals surface area (Å²) in [5, 5.41) is 13.5. The van der Waals surface area contributed by atoms with Gasteiger partial charge in [0.25, 0.3) is 0 Å². The Morgan fingerprint density at radius 1 is 0.917 bits per heavy atom. The largest absolute Gasteiger partial charge is 0.507 e. The van der Waals surface area contributed by atoms with Crippen LogP contribution in [-0.4, -0.2) is 34.5 Å². The molecule has 0 unspecified atom stereocenters. The first-order valence-corrected chi connectivity index (χ1v) is 11.8. The van der Waals surface area contributed by atoms with E-state index in [0.29, 0.717) is 16.9 Å². The van der Waals surface area contributed by atoms with Gasteiger partial charge in [-0.1, -0.05) is 33.0 Å². The molecule has 2 rings (SSSR count). The maximum atomic E-state index is 10.9. The Hall–Kier alpha value is -1.88. The van der Waals surface area contributed by atoms with Crippen molar-refractivity contribution < 1.29 is 19.3 Å². The van der Waals surface area contributed by atoms with Crippen LogP contribution in [0.5, 0.6) is 23.0 Å². The summed E-state index contributed by atoms with van der Waals surface area (Å²) in [5.41, 5.74) is 0.870. The monoisotopic (exact) mass is 348 g/mol. The van der Waals surface area contributed by atoms with E-state index in [1.807, 2.05) is 12.1 Å². The molecule has 0 spiro atoms. The first-order valence-electron chi connectivity index (χ1n) is 8.28. The minimum absolute atomic E-state index is 0.267. The fourth-order valence-corrected chi connectivity index (χ4v) is 4.59. The summed E-state index contributed by atoms with van der Waals surface area (Å²) in [4.78, 5) is 0. The maximum absolute atomic E-state index is 10.9. The van der Waals surface area contributed by atoms with Gasteiger partial charge in [-0.15, -0.1) is 0 Å². The highest BCUT2D eigenvalue weighted by atomic mass is 28.3. The lowest BCUT2D eigenvalue weighted by atomic mass is 9.99. The third-order valence-electron chi connectivity index (χ3n) is 4.31. The Balaban J connectivity index is 3.06. The zero-order chi connectivity index (χ0) is 18.1. The van der Waals surface area contributed by atoms with Crippen LogP contribution in [0.15, 0.2) is 12.1 Å². The van der Waals surface area contributed by atoms with Gasteiger partial charge >= 0.3 is 0 Å². The summed E-state index contributed by atoms with van der Waals surface area (Å²) in [5.74, 6) is 2.41. The van der Waals surface area contributed by atoms with Gasteiger partial charge in [0.05, 0.1) is 40.2 Å². The first kappa shape index (κ1) is 18.5. The minimum atomic E-state index is -1.71. The molecule has 0 bridgehead atoms. The topological polar surface area (TPSA) is 47.9 Å². The van der Waals surface area contributed by atoms with Crippen LogP contribution >= 0.6 is 0 Å². The Kier molecular flexibility index (Phi) is 5.33. The average Bonchev–Trinajstić information content (AvgIpc) is 2.54. The van der Waals surface area contributed by atoms with E-state index in [2.05, 4.69) is 26.6 Å². The van der Waals surface area contributed by atoms with Crippen molar-refractivity contribution in [3.8, 4) is 23.0 Å². The van der Waals surface area contributed by atoms with Gasteiger partial charge in [0.1, 0.15) is 23.0 Å². The molecule has 0 fully saturated rings. The Morgan fingerprint density at radius 3 is 1.96 bits per heavy atom. The van der Waals surface area contributed by atoms with Crippen molar-refractivity contribution >= 4 is 24.0 Å². The highest BCUT2D eigenvalue weighted by molar-refractivity contribution is 6.89. The second-order valence-electron chi connectivity index (χ2n) is 7.00. The SMILES string of the molecule is CCCc1cc(OC)c2c(OC)cc([Si](C)(C)C)c(OC)c2c1O. The van der Waals surface area contributed by atoms with E-state index in [1.54, 1.807) is 21.3 Å². The summed E-state index contributed by atoms with van der Waals surface area (Å²) < 4.78 is 17.0. The maximum Gasteiger partial charge on any atom is 0.131 e. The van der Waals surface area contributed by atoms with E-state index in [4.69, 9.17) is 14.2 Å². The molecular weight excluding hydrogens is 320 g/mol. The fourth-order valence-electron chi connectivity index (χ4n) is 3.12. The van der Waals surface area contributed by atoms with Gasteiger partial charge in [-0.25, -0.2) is 0 Å². The summed E-state index contributed by atoms with van der Waals surface area (Å²) in [6, 6.07) is 3.94. The Bertz CT molecular complexity index is 748. The van der Waals surface area contributed by atoms with Crippen LogP contribution in [0.4, 0.5) is 0 Å². The van der Waals surface area contributed by atoms with Crippen LogP contribution in [0, 0.1) is 0 Å². The molecule has 0 aliphatic rings. The first-order chi connectivity index (χ1) is 11.3. The van der Waals surface area contributed by atoms with E-state index in [-0.39, 0.29) is 5.75 Å². The van der Waals surface area contributed by atoms with Gasteiger partial charge in [0, 0.05) is 0 Å². The van der Waals surface area contributed by atoms with Crippen LogP contribution in [-0.2, 0) is 6.42 Å². The molecule has 0 heterocycles. The molecule has 0 radical (unpaired) electrons. The molecule has 0 amide bonds. The van der Waals surface area contributed by atoms with E-state index in [9.17, 15) is 5.11 Å². The fraction of sp³-hybridized carbons (Fsp3) is 0.474. The number of methoxy groups -OCH3 is 3. The van der Waals surface area contributed by atoms with Crippen molar-refractivity contribution in [3.05, 3.63) is 17.7 Å². The molecule has 4 nitrogen and oxygen atoms in total. The molecular formula is C19H28O4Si. The van der Waals surface area contributed by atoms with Crippen LogP contribution in [0.1, 0.15) is 18.9 Å². The molecule has 0 saturated heterocycles. The van der Waals surface area contributed by atoms with Crippen LogP contribution in [0.3, 0.4) is 0 Å². The molecule has 0 aliphatic heterocycles. The van der Waals surface area contributed by atoms with E-state index >= 15 is 0 Å². The van der Waals surface area contributed by atoms with E-state index in [1.165, 1.54) is 0 Å². The molecule has 0 saturated carbocycles. The summed E-state index contributed by atoms with van der Waals surface area (Å²) in [6.45, 7) is 8.84. The van der Waals surface area contributed by atoms with Gasteiger partial charge < -0.3 is 19.3 Å². The molecule has 1 N–H and O–H groups in total. The number of aryl methyl sites for hydroxylation is 1. The predicted octanol–water partition coefficient (Wildman–Crippen LogP) is 4.07. The smallest absolute Gasteiger partial charge is 0.131 e. The summed E-state index contributed by atoms with van der Waals surface area (Å²) in [6.07, 6.45) is 1.72. The Labute approximate surface area is 145 Å². The number of hydrogen-bond donors (Lipinski definition) is 1. The standard InChI is InChI=1S/C19H28O4Si/c1-8-9-12-10-13(21-2)16-14(22-3)11-15(24(5,6)7)19(23-4)17(16)18(12)20/h10-11,20H,8-9H2,1-7H3. The lowest BCUT2D eigenvalue weighted by Gasteiger charge is -2.25. The van der Waals surface area contributed by atoms with Crippen molar-refractivity contribution in [3.63, 3.8) is 0 Å². The van der Waals surface area contributed by atoms with Crippen LogP contribution in [0.25, 0.3) is 10.8 Å². The number of phenolic OH excluding ortho intramolecular Hbond substituents is 1. The van der Waals surface area contributed by atoms with Crippen LogP contribution < -0.4 is 19.4 Å². The lowest BCUT2D eigenvalue weighted by molar-refractivity contribution is 0.398. The number of rotatable bonds is 6. The van der Waals surface area contributed by atoms with E-state index < -0.39 is 8.07 Å². The molecule has 5 heteroatoms. The number of fused-ring (bicyclic) bond motifs is 1. The Morgan fingerprint density at radius 2 is 1.50 bits per heavy atom. The molecule has 0 aliphatic carbocycles. The van der Waals surface area contributed by atoms with Crippen molar-refractivity contribution in [1.82, 2.24) is 0 Å².